The van der Waals surface area contributed by atoms with Gasteiger partial charge >= 0.3 is 11.9 Å². The summed E-state index contributed by atoms with van der Waals surface area (Å²) in [5, 5.41) is 0. The molecule has 2 fully saturated rings. The van der Waals surface area contributed by atoms with E-state index in [1.54, 1.807) is 0 Å². The highest BCUT2D eigenvalue weighted by Gasteiger charge is 2.61. The smallest absolute Gasteiger partial charge is 0.334 e. The third kappa shape index (κ3) is 3.56. The monoisotopic (exact) mass is 368 g/mol. The fourth-order valence-corrected chi connectivity index (χ4v) is 4.06. The van der Waals surface area contributed by atoms with Crippen LogP contribution in [0.5, 0.6) is 0 Å². The van der Waals surface area contributed by atoms with Crippen LogP contribution in [0.3, 0.4) is 0 Å². The van der Waals surface area contributed by atoms with Crippen LogP contribution in [0, 0.1) is 5.92 Å². The van der Waals surface area contributed by atoms with Crippen LogP contribution in [-0.2, 0) is 30.4 Å². The zero-order chi connectivity index (χ0) is 19.0. The Morgan fingerprint density at radius 2 is 2.11 bits per heavy atom. The van der Waals surface area contributed by atoms with Crippen molar-refractivity contribution in [1.82, 2.24) is 0 Å². The van der Waals surface area contributed by atoms with Gasteiger partial charge in [-0.3, -0.25) is 0 Å². The predicted molar refractivity (Wildman–Crippen MR) is 98.6 cm³/mol. The molecule has 27 heavy (non-hydrogen) atoms. The molecule has 1 aromatic rings. The zero-order valence-corrected chi connectivity index (χ0v) is 15.5. The number of epoxide rings is 1. The number of hydrogen-bond acceptors (Lipinski definition) is 5. The summed E-state index contributed by atoms with van der Waals surface area (Å²) in [6.07, 6.45) is 4.25. The molecule has 1 aliphatic carbocycles. The van der Waals surface area contributed by atoms with Gasteiger partial charge in [0, 0.05) is 17.1 Å². The number of rotatable bonds is 3. The summed E-state index contributed by atoms with van der Waals surface area (Å²) in [5.74, 6) is -0.766. The highest BCUT2D eigenvalue weighted by atomic mass is 16.6. The molecule has 3 aliphatic rings. The van der Waals surface area contributed by atoms with E-state index in [0.29, 0.717) is 24.0 Å². The molecule has 0 amide bonds. The molecule has 142 valence electrons. The number of hydrogen-bond donors (Lipinski definition) is 0. The molecule has 2 aliphatic heterocycles. The minimum atomic E-state index is -0.348. The van der Waals surface area contributed by atoms with Crippen molar-refractivity contribution in [3.8, 4) is 0 Å². The molecule has 0 bridgehead atoms. The highest BCUT2D eigenvalue weighted by molar-refractivity contribution is 5.91. The average Bonchev–Trinajstić information content (AvgIpc) is 3.26. The highest BCUT2D eigenvalue weighted by Crippen LogP contribution is 2.49. The summed E-state index contributed by atoms with van der Waals surface area (Å²) in [4.78, 5) is 24.6. The van der Waals surface area contributed by atoms with Crippen molar-refractivity contribution in [1.29, 1.82) is 0 Å². The van der Waals surface area contributed by atoms with Gasteiger partial charge in [-0.05, 0) is 38.2 Å². The molecule has 0 aromatic heterocycles. The Kier molecular flexibility index (Phi) is 4.64. The zero-order valence-electron chi connectivity index (χ0n) is 15.5. The Hall–Kier alpha value is -2.40. The minimum absolute atomic E-state index is 0.0781. The molecule has 1 aromatic carbocycles. The number of allylic oxidation sites excluding steroid dienone is 1. The molecule has 0 saturated carbocycles. The molecule has 2 heterocycles. The van der Waals surface area contributed by atoms with Crippen LogP contribution < -0.4 is 0 Å². The van der Waals surface area contributed by atoms with Crippen LogP contribution in [-0.4, -0.2) is 29.7 Å². The van der Waals surface area contributed by atoms with E-state index in [0.717, 1.165) is 18.4 Å². The third-order valence-electron chi connectivity index (χ3n) is 5.82. The van der Waals surface area contributed by atoms with Crippen molar-refractivity contribution in [2.45, 2.75) is 57.0 Å². The number of benzene rings is 1. The molecular weight excluding hydrogens is 344 g/mol. The van der Waals surface area contributed by atoms with Gasteiger partial charge in [0.05, 0.1) is 5.60 Å². The summed E-state index contributed by atoms with van der Waals surface area (Å²) in [6.45, 7) is 6.19. The first-order valence-electron chi connectivity index (χ1n) is 9.45. The largest absolute Gasteiger partial charge is 0.457 e. The van der Waals surface area contributed by atoms with Gasteiger partial charge in [0.2, 0.25) is 0 Å². The normalized spacial score (nSPS) is 34.6. The van der Waals surface area contributed by atoms with Crippen molar-refractivity contribution < 1.29 is 23.8 Å². The van der Waals surface area contributed by atoms with E-state index in [-0.39, 0.29) is 42.3 Å². The first-order valence-corrected chi connectivity index (χ1v) is 9.45. The number of ether oxygens (including phenoxy) is 3. The van der Waals surface area contributed by atoms with Crippen LogP contribution in [0.1, 0.15) is 38.2 Å². The van der Waals surface area contributed by atoms with Crippen molar-refractivity contribution in [3.05, 3.63) is 59.7 Å². The van der Waals surface area contributed by atoms with Crippen LogP contribution in [0.2, 0.25) is 0 Å². The topological polar surface area (TPSA) is 65.1 Å². The van der Waals surface area contributed by atoms with Gasteiger partial charge < -0.3 is 14.2 Å². The SMILES string of the molecule is C=C1C(=O)O[C@H]2[C@H]1CC/C(C(=O)OCc1ccccc1)=C\CC[C@@]1(C)O[C@@H]21. The standard InChI is InChI=1S/C22H24O5/c1-14-17-11-10-16(21(24)25-13-15-7-4-3-5-8-15)9-6-12-22(2)19(27-22)18(17)26-20(14)23/h3-5,7-9,17-19H,1,6,10-13H2,2H3/b16-9+/t17-,18-,19-,22+/m0/s1. The van der Waals surface area contributed by atoms with Gasteiger partial charge in [-0.2, -0.15) is 0 Å². The van der Waals surface area contributed by atoms with Crippen molar-refractivity contribution in [2.24, 2.45) is 5.92 Å². The summed E-state index contributed by atoms with van der Waals surface area (Å²) in [7, 11) is 0. The van der Waals surface area contributed by atoms with Crippen LogP contribution in [0.4, 0.5) is 0 Å². The third-order valence-corrected chi connectivity index (χ3v) is 5.82. The first kappa shape index (κ1) is 18.0. The Bertz CT molecular complexity index is 796. The molecule has 4 rings (SSSR count). The molecule has 0 spiro atoms. The Morgan fingerprint density at radius 1 is 1.33 bits per heavy atom. The quantitative estimate of drug-likeness (QED) is 0.464. The van der Waals surface area contributed by atoms with Gasteiger partial charge in [0.25, 0.3) is 0 Å². The number of carbonyl (C=O) groups is 2. The second kappa shape index (κ2) is 6.97. The van der Waals surface area contributed by atoms with Gasteiger partial charge in [0.15, 0.2) is 0 Å². The van der Waals surface area contributed by atoms with Crippen molar-refractivity contribution in [3.63, 3.8) is 0 Å². The van der Waals surface area contributed by atoms with Crippen LogP contribution in [0.25, 0.3) is 0 Å². The molecule has 0 unspecified atom stereocenters. The van der Waals surface area contributed by atoms with E-state index in [2.05, 4.69) is 6.58 Å². The molecule has 0 N–H and O–H groups in total. The van der Waals surface area contributed by atoms with Crippen LogP contribution >= 0.6 is 0 Å². The van der Waals surface area contributed by atoms with Gasteiger partial charge in [0.1, 0.15) is 18.8 Å². The maximum atomic E-state index is 12.6. The molecule has 0 radical (unpaired) electrons. The predicted octanol–water partition coefficient (Wildman–Crippen LogP) is 3.49. The van der Waals surface area contributed by atoms with E-state index in [4.69, 9.17) is 14.2 Å². The van der Waals surface area contributed by atoms with Gasteiger partial charge in [-0.1, -0.05) is 43.0 Å². The second-order valence-corrected chi connectivity index (χ2v) is 7.72. The Balaban J connectivity index is 1.47. The molecule has 5 nitrogen and oxygen atoms in total. The molecule has 4 atom stereocenters. The molecule has 2 saturated heterocycles. The maximum Gasteiger partial charge on any atom is 0.334 e. The maximum absolute atomic E-state index is 12.6. The van der Waals surface area contributed by atoms with E-state index in [1.807, 2.05) is 43.3 Å². The van der Waals surface area contributed by atoms with E-state index >= 15 is 0 Å². The van der Waals surface area contributed by atoms with E-state index in [1.165, 1.54) is 0 Å². The number of esters is 2. The Morgan fingerprint density at radius 3 is 2.89 bits per heavy atom. The summed E-state index contributed by atoms with van der Waals surface area (Å²) < 4.78 is 16.9. The Labute approximate surface area is 159 Å². The van der Waals surface area contributed by atoms with E-state index < -0.39 is 0 Å². The number of fused-ring (bicyclic) bond motifs is 3. The fraction of sp³-hybridized carbons (Fsp3) is 0.455. The summed E-state index contributed by atoms with van der Waals surface area (Å²) in [5.41, 5.74) is 1.78. The van der Waals surface area contributed by atoms with Crippen molar-refractivity contribution in [2.75, 3.05) is 0 Å². The van der Waals surface area contributed by atoms with Gasteiger partial charge in [-0.25, -0.2) is 9.59 Å². The molecule has 5 heteroatoms. The molecular formula is C22H24O5. The summed E-state index contributed by atoms with van der Waals surface area (Å²) in [6, 6.07) is 9.62. The average molecular weight is 368 g/mol. The lowest BCUT2D eigenvalue weighted by Crippen LogP contribution is -2.29. The lowest BCUT2D eigenvalue weighted by Gasteiger charge is -2.19. The lowest BCUT2D eigenvalue weighted by atomic mass is 9.84. The van der Waals surface area contributed by atoms with Crippen molar-refractivity contribution >= 4 is 11.9 Å². The number of carbonyl (C=O) groups excluding carboxylic acids is 2. The van der Waals surface area contributed by atoms with E-state index in [9.17, 15) is 9.59 Å². The second-order valence-electron chi connectivity index (χ2n) is 7.72. The lowest BCUT2D eigenvalue weighted by molar-refractivity contribution is -0.141. The fourth-order valence-electron chi connectivity index (χ4n) is 4.06. The van der Waals surface area contributed by atoms with Crippen LogP contribution in [0.15, 0.2) is 54.1 Å². The summed E-state index contributed by atoms with van der Waals surface area (Å²) >= 11 is 0. The minimum Gasteiger partial charge on any atom is -0.457 e. The van der Waals surface area contributed by atoms with Gasteiger partial charge in [-0.15, -0.1) is 0 Å². The first-order chi connectivity index (χ1) is 13.0.